The predicted molar refractivity (Wildman–Crippen MR) is 146 cm³/mol. The molecule has 0 aromatic heterocycles. The number of hydrogen-bond acceptors (Lipinski definition) is 8. The number of ketones is 1. The van der Waals surface area contributed by atoms with Crippen LogP contribution in [0.4, 0.5) is 5.69 Å². The number of amides is 2. The van der Waals surface area contributed by atoms with Crippen LogP contribution in [0.1, 0.15) is 37.5 Å². The van der Waals surface area contributed by atoms with Crippen molar-refractivity contribution in [3.8, 4) is 11.5 Å². The summed E-state index contributed by atoms with van der Waals surface area (Å²) >= 11 is 0. The Morgan fingerprint density at radius 2 is 1.39 bits per heavy atom. The first-order valence-corrected chi connectivity index (χ1v) is 13.2. The Labute approximate surface area is 235 Å². The van der Waals surface area contributed by atoms with Gasteiger partial charge in [0, 0.05) is 5.56 Å². The smallest absolute Gasteiger partial charge is 0.343 e. The van der Waals surface area contributed by atoms with E-state index < -0.39 is 24.3 Å². The number of rotatable bonds is 8. The van der Waals surface area contributed by atoms with Crippen LogP contribution in [0, 0.1) is 23.7 Å². The molecule has 3 aromatic carbocycles. The van der Waals surface area contributed by atoms with Crippen molar-refractivity contribution in [2.75, 3.05) is 18.6 Å². The molecule has 206 valence electrons. The molecule has 1 aliphatic heterocycles. The number of hydrogen-bond donors (Lipinski definition) is 0. The molecule has 2 fully saturated rings. The van der Waals surface area contributed by atoms with Crippen molar-refractivity contribution in [3.63, 3.8) is 0 Å². The SMILES string of the molecule is COc1cccc(C(=O)Oc2ccc(C(=O)COC(=O)c3cccc(N4C(=O)C5C6C=CC(C6)C5C4=O)c3)cc2)c1. The summed E-state index contributed by atoms with van der Waals surface area (Å²) in [6.07, 6.45) is 4.87. The molecule has 0 radical (unpaired) electrons. The fourth-order valence-corrected chi connectivity index (χ4v) is 5.85. The lowest BCUT2D eigenvalue weighted by Gasteiger charge is -2.18. The first kappa shape index (κ1) is 26.2. The van der Waals surface area contributed by atoms with Crippen molar-refractivity contribution in [3.05, 3.63) is 102 Å². The van der Waals surface area contributed by atoms with Crippen LogP contribution in [-0.2, 0) is 14.3 Å². The second-order valence-electron chi connectivity index (χ2n) is 10.2. The van der Waals surface area contributed by atoms with Gasteiger partial charge in [-0.25, -0.2) is 14.5 Å². The maximum absolute atomic E-state index is 13.1. The molecule has 1 heterocycles. The zero-order chi connectivity index (χ0) is 28.7. The van der Waals surface area contributed by atoms with Crippen molar-refractivity contribution in [2.45, 2.75) is 6.42 Å². The highest BCUT2D eigenvalue weighted by Gasteiger charge is 2.59. The van der Waals surface area contributed by atoms with Crippen molar-refractivity contribution in [1.29, 1.82) is 0 Å². The second-order valence-corrected chi connectivity index (χ2v) is 10.2. The highest BCUT2D eigenvalue weighted by Crippen LogP contribution is 2.53. The first-order chi connectivity index (χ1) is 19.8. The zero-order valence-electron chi connectivity index (χ0n) is 22.0. The fourth-order valence-electron chi connectivity index (χ4n) is 5.85. The molecule has 1 saturated carbocycles. The summed E-state index contributed by atoms with van der Waals surface area (Å²) in [5.41, 5.74) is 1.00. The topological polar surface area (TPSA) is 116 Å². The molecule has 2 aliphatic carbocycles. The van der Waals surface area contributed by atoms with E-state index in [1.807, 2.05) is 12.2 Å². The van der Waals surface area contributed by atoms with Gasteiger partial charge in [-0.1, -0.05) is 24.3 Å². The van der Waals surface area contributed by atoms with E-state index >= 15 is 0 Å². The van der Waals surface area contributed by atoms with E-state index in [4.69, 9.17) is 14.2 Å². The molecule has 0 spiro atoms. The van der Waals surface area contributed by atoms with Crippen LogP contribution >= 0.6 is 0 Å². The van der Waals surface area contributed by atoms with Crippen LogP contribution in [0.3, 0.4) is 0 Å². The molecule has 9 heteroatoms. The number of fused-ring (bicyclic) bond motifs is 5. The summed E-state index contributed by atoms with van der Waals surface area (Å²) in [6.45, 7) is -0.521. The van der Waals surface area contributed by atoms with E-state index in [9.17, 15) is 24.0 Å². The van der Waals surface area contributed by atoms with Crippen molar-refractivity contribution >= 4 is 35.2 Å². The Kier molecular flexibility index (Phi) is 6.70. The quantitative estimate of drug-likeness (QED) is 0.134. The number of carbonyl (C=O) groups is 5. The number of imide groups is 1. The number of ether oxygens (including phenoxy) is 3. The van der Waals surface area contributed by atoms with Gasteiger partial charge >= 0.3 is 11.9 Å². The molecule has 9 nitrogen and oxygen atoms in total. The van der Waals surface area contributed by atoms with Gasteiger partial charge in [0.25, 0.3) is 0 Å². The lowest BCUT2D eigenvalue weighted by molar-refractivity contribution is -0.123. The number of nitrogens with zero attached hydrogens (tertiary/aromatic N) is 1. The third kappa shape index (κ3) is 4.80. The largest absolute Gasteiger partial charge is 0.497 e. The van der Waals surface area contributed by atoms with Gasteiger partial charge in [-0.15, -0.1) is 0 Å². The predicted octanol–water partition coefficient (Wildman–Crippen LogP) is 4.27. The second kappa shape index (κ2) is 10.5. The van der Waals surface area contributed by atoms with Gasteiger partial charge in [0.1, 0.15) is 11.5 Å². The van der Waals surface area contributed by atoms with Gasteiger partial charge in [-0.3, -0.25) is 14.4 Å². The Hall–Kier alpha value is -5.05. The minimum absolute atomic E-state index is 0.0831. The number of Topliss-reactive ketones (excluding diaryl/α,β-unsaturated/α-hetero) is 1. The Balaban J connectivity index is 1.06. The van der Waals surface area contributed by atoms with Gasteiger partial charge in [-0.05, 0) is 78.9 Å². The monoisotopic (exact) mass is 551 g/mol. The average Bonchev–Trinajstić information content (AvgIpc) is 3.69. The number of methoxy groups -OCH3 is 1. The van der Waals surface area contributed by atoms with E-state index in [-0.39, 0.29) is 52.4 Å². The van der Waals surface area contributed by atoms with Crippen LogP contribution in [0.5, 0.6) is 11.5 Å². The summed E-state index contributed by atoms with van der Waals surface area (Å²) in [5, 5.41) is 0. The minimum atomic E-state index is -0.759. The highest BCUT2D eigenvalue weighted by atomic mass is 16.5. The van der Waals surface area contributed by atoms with Crippen molar-refractivity contribution in [2.24, 2.45) is 23.7 Å². The molecular weight excluding hydrogens is 526 g/mol. The fraction of sp³-hybridized carbons (Fsp3) is 0.219. The van der Waals surface area contributed by atoms with Gasteiger partial charge in [-0.2, -0.15) is 0 Å². The molecule has 3 aliphatic rings. The maximum Gasteiger partial charge on any atom is 0.343 e. The zero-order valence-corrected chi connectivity index (χ0v) is 22.0. The molecule has 3 aromatic rings. The molecule has 4 atom stereocenters. The van der Waals surface area contributed by atoms with Gasteiger partial charge < -0.3 is 14.2 Å². The van der Waals surface area contributed by atoms with E-state index in [2.05, 4.69) is 0 Å². The van der Waals surface area contributed by atoms with E-state index in [0.717, 1.165) is 6.42 Å². The molecule has 4 unspecified atom stereocenters. The Bertz CT molecular complexity index is 1580. The maximum atomic E-state index is 13.1. The van der Waals surface area contributed by atoms with Gasteiger partial charge in [0.05, 0.1) is 35.8 Å². The molecule has 6 rings (SSSR count). The number of allylic oxidation sites excluding steroid dienone is 2. The Morgan fingerprint density at radius 3 is 2.05 bits per heavy atom. The lowest BCUT2D eigenvalue weighted by Crippen LogP contribution is -2.33. The first-order valence-electron chi connectivity index (χ1n) is 13.2. The molecule has 0 N–H and O–H groups in total. The summed E-state index contributed by atoms with van der Waals surface area (Å²) in [7, 11) is 1.50. The van der Waals surface area contributed by atoms with E-state index in [0.29, 0.717) is 17.0 Å². The molecule has 2 bridgehead atoms. The average molecular weight is 552 g/mol. The summed E-state index contributed by atoms with van der Waals surface area (Å²) in [4.78, 5) is 65.1. The van der Waals surface area contributed by atoms with E-state index in [1.165, 1.54) is 48.4 Å². The third-order valence-corrected chi connectivity index (χ3v) is 7.84. The van der Waals surface area contributed by atoms with Crippen LogP contribution in [-0.4, -0.2) is 43.3 Å². The lowest BCUT2D eigenvalue weighted by atomic mass is 9.85. The van der Waals surface area contributed by atoms with Gasteiger partial charge in [0.2, 0.25) is 11.8 Å². The number of carbonyl (C=O) groups excluding carboxylic acids is 5. The van der Waals surface area contributed by atoms with Crippen LogP contribution in [0.2, 0.25) is 0 Å². The highest BCUT2D eigenvalue weighted by molar-refractivity contribution is 6.23. The number of benzene rings is 3. The molecule has 41 heavy (non-hydrogen) atoms. The standard InChI is InChI=1S/C32H25NO8/c1-39-25-7-3-5-22(16-25)32(38)41-24-12-10-18(11-13-24)26(34)17-40-31(37)21-4-2-6-23(15-21)33-29(35)27-19-8-9-20(14-19)28(27)30(33)36/h2-13,15-16,19-20,27-28H,14,17H2,1H3. The Morgan fingerprint density at radius 1 is 0.756 bits per heavy atom. The van der Waals surface area contributed by atoms with Crippen LogP contribution in [0.15, 0.2) is 84.9 Å². The molecule has 2 amide bonds. The minimum Gasteiger partial charge on any atom is -0.497 e. The normalized spacial score (nSPS) is 22.0. The van der Waals surface area contributed by atoms with Gasteiger partial charge in [0.15, 0.2) is 12.4 Å². The summed E-state index contributed by atoms with van der Waals surface area (Å²) in [6, 6.07) is 18.5. The third-order valence-electron chi connectivity index (χ3n) is 7.84. The molecule has 1 saturated heterocycles. The number of anilines is 1. The van der Waals surface area contributed by atoms with E-state index in [1.54, 1.807) is 36.4 Å². The number of esters is 2. The molecular formula is C32H25NO8. The summed E-state index contributed by atoms with van der Waals surface area (Å²) < 4.78 is 15.7. The van der Waals surface area contributed by atoms with Crippen molar-refractivity contribution < 1.29 is 38.2 Å². The van der Waals surface area contributed by atoms with Crippen molar-refractivity contribution in [1.82, 2.24) is 0 Å². The van der Waals surface area contributed by atoms with Crippen LogP contribution in [0.25, 0.3) is 0 Å². The summed E-state index contributed by atoms with van der Waals surface area (Å²) in [5.74, 6) is -2.04. The van der Waals surface area contributed by atoms with Crippen LogP contribution < -0.4 is 14.4 Å².